The Bertz CT molecular complexity index is 529. The Balaban J connectivity index is 2.25. The number of halogens is 2. The second-order valence-electron chi connectivity index (χ2n) is 4.71. The van der Waals surface area contributed by atoms with Gasteiger partial charge in [0.2, 0.25) is 0 Å². The summed E-state index contributed by atoms with van der Waals surface area (Å²) in [5, 5.41) is 2.81. The first-order valence-corrected chi connectivity index (χ1v) is 7.23. The molecule has 0 radical (unpaired) electrons. The SMILES string of the molecule is NC(=S)C1(NC(=O)c2cccc(Br)c2F)CCCC1. The normalized spacial score (nSPS) is 17.2. The van der Waals surface area contributed by atoms with Gasteiger partial charge in [0.15, 0.2) is 0 Å². The van der Waals surface area contributed by atoms with Crippen molar-refractivity contribution in [3.8, 4) is 0 Å². The lowest BCUT2D eigenvalue weighted by Crippen LogP contribution is -2.54. The molecule has 6 heteroatoms. The Kier molecular flexibility index (Phi) is 4.20. The molecule has 19 heavy (non-hydrogen) atoms. The number of hydrogen-bond acceptors (Lipinski definition) is 2. The summed E-state index contributed by atoms with van der Waals surface area (Å²) in [7, 11) is 0. The minimum Gasteiger partial charge on any atom is -0.391 e. The molecule has 1 saturated carbocycles. The fourth-order valence-corrected chi connectivity index (χ4v) is 3.00. The summed E-state index contributed by atoms with van der Waals surface area (Å²) in [4.78, 5) is 12.5. The molecule has 0 heterocycles. The van der Waals surface area contributed by atoms with Gasteiger partial charge in [-0.2, -0.15) is 0 Å². The van der Waals surface area contributed by atoms with Crippen LogP contribution in [-0.4, -0.2) is 16.4 Å². The van der Waals surface area contributed by atoms with Gasteiger partial charge >= 0.3 is 0 Å². The van der Waals surface area contributed by atoms with Crippen LogP contribution in [0, 0.1) is 5.82 Å². The standard InChI is InChI=1S/C13H14BrFN2OS/c14-9-5-3-4-8(10(9)15)11(18)17-13(12(16)19)6-1-2-7-13/h3-5H,1-2,6-7H2,(H2,16,19)(H,17,18). The van der Waals surface area contributed by atoms with E-state index in [1.807, 2.05) is 0 Å². The Labute approximate surface area is 124 Å². The maximum Gasteiger partial charge on any atom is 0.255 e. The van der Waals surface area contributed by atoms with Crippen LogP contribution in [0.4, 0.5) is 4.39 Å². The van der Waals surface area contributed by atoms with Crippen molar-refractivity contribution in [2.45, 2.75) is 31.2 Å². The molecule has 0 spiro atoms. The largest absolute Gasteiger partial charge is 0.391 e. The van der Waals surface area contributed by atoms with Gasteiger partial charge < -0.3 is 11.1 Å². The molecule has 3 nitrogen and oxygen atoms in total. The van der Waals surface area contributed by atoms with Crippen molar-refractivity contribution in [3.63, 3.8) is 0 Å². The van der Waals surface area contributed by atoms with Crippen LogP contribution in [0.2, 0.25) is 0 Å². The number of hydrogen-bond donors (Lipinski definition) is 2. The van der Waals surface area contributed by atoms with Gasteiger partial charge in [-0.15, -0.1) is 0 Å². The molecular formula is C13H14BrFN2OS. The lowest BCUT2D eigenvalue weighted by molar-refractivity contribution is 0.0920. The molecule has 0 unspecified atom stereocenters. The van der Waals surface area contributed by atoms with E-state index in [2.05, 4.69) is 21.2 Å². The molecule has 1 aromatic rings. The highest BCUT2D eigenvalue weighted by atomic mass is 79.9. The molecule has 1 aliphatic carbocycles. The van der Waals surface area contributed by atoms with Crippen LogP contribution in [0.3, 0.4) is 0 Å². The van der Waals surface area contributed by atoms with Gasteiger partial charge in [-0.05, 0) is 40.9 Å². The zero-order chi connectivity index (χ0) is 14.0. The summed E-state index contributed by atoms with van der Waals surface area (Å²) in [5.74, 6) is -1.05. The summed E-state index contributed by atoms with van der Waals surface area (Å²) >= 11 is 8.12. The summed E-state index contributed by atoms with van der Waals surface area (Å²) in [6, 6.07) is 4.60. The zero-order valence-corrected chi connectivity index (χ0v) is 12.6. The maximum atomic E-state index is 13.9. The highest BCUT2D eigenvalue weighted by molar-refractivity contribution is 9.10. The highest BCUT2D eigenvalue weighted by Crippen LogP contribution is 2.30. The molecule has 102 valence electrons. The van der Waals surface area contributed by atoms with Crippen molar-refractivity contribution in [2.75, 3.05) is 0 Å². The minimum absolute atomic E-state index is 0.00287. The van der Waals surface area contributed by atoms with Gasteiger partial charge in [0.25, 0.3) is 5.91 Å². The molecule has 1 aliphatic rings. The van der Waals surface area contributed by atoms with Gasteiger partial charge in [0.05, 0.1) is 20.6 Å². The average Bonchev–Trinajstić information content (AvgIpc) is 2.82. The zero-order valence-electron chi connectivity index (χ0n) is 10.2. The van der Waals surface area contributed by atoms with E-state index in [0.717, 1.165) is 12.8 Å². The lowest BCUT2D eigenvalue weighted by atomic mass is 9.97. The van der Waals surface area contributed by atoms with Crippen LogP contribution < -0.4 is 11.1 Å². The second-order valence-corrected chi connectivity index (χ2v) is 6.00. The number of nitrogens with one attached hydrogen (secondary N) is 1. The molecule has 0 aliphatic heterocycles. The first-order valence-electron chi connectivity index (χ1n) is 6.03. The molecule has 1 fully saturated rings. The van der Waals surface area contributed by atoms with Gasteiger partial charge in [-0.1, -0.05) is 31.1 Å². The highest BCUT2D eigenvalue weighted by Gasteiger charge is 2.38. The van der Waals surface area contributed by atoms with Crippen LogP contribution in [0.15, 0.2) is 22.7 Å². The Hall–Kier alpha value is -1.01. The quantitative estimate of drug-likeness (QED) is 0.829. The van der Waals surface area contributed by atoms with E-state index in [1.165, 1.54) is 6.07 Å². The van der Waals surface area contributed by atoms with Crippen LogP contribution in [0.5, 0.6) is 0 Å². The number of benzene rings is 1. The third kappa shape index (κ3) is 2.79. The Morgan fingerprint density at radius 2 is 2.05 bits per heavy atom. The van der Waals surface area contributed by atoms with Gasteiger partial charge in [0.1, 0.15) is 5.82 Å². The molecule has 0 aromatic heterocycles. The van der Waals surface area contributed by atoms with Gasteiger partial charge in [0, 0.05) is 0 Å². The predicted molar refractivity (Wildman–Crippen MR) is 79.6 cm³/mol. The van der Waals surface area contributed by atoms with Crippen molar-refractivity contribution < 1.29 is 9.18 Å². The van der Waals surface area contributed by atoms with Crippen LogP contribution in [-0.2, 0) is 0 Å². The molecule has 0 bridgehead atoms. The van der Waals surface area contributed by atoms with E-state index in [9.17, 15) is 9.18 Å². The molecule has 1 amide bonds. The third-order valence-corrected chi connectivity index (χ3v) is 4.48. The number of thiocarbonyl (C=S) groups is 1. The van der Waals surface area contributed by atoms with Crippen LogP contribution in [0.1, 0.15) is 36.0 Å². The van der Waals surface area contributed by atoms with Gasteiger partial charge in [-0.25, -0.2) is 4.39 Å². The van der Waals surface area contributed by atoms with E-state index in [-0.39, 0.29) is 15.0 Å². The fraction of sp³-hybridized carbons (Fsp3) is 0.385. The van der Waals surface area contributed by atoms with E-state index in [1.54, 1.807) is 12.1 Å². The average molecular weight is 345 g/mol. The topological polar surface area (TPSA) is 55.1 Å². The molecule has 3 N–H and O–H groups in total. The van der Waals surface area contributed by atoms with Crippen LogP contribution >= 0.6 is 28.1 Å². The van der Waals surface area contributed by atoms with Crippen molar-refractivity contribution in [2.24, 2.45) is 5.73 Å². The van der Waals surface area contributed by atoms with Crippen molar-refractivity contribution in [1.82, 2.24) is 5.32 Å². The summed E-state index contributed by atoms with van der Waals surface area (Å²) in [5.41, 5.74) is 5.07. The number of carbonyl (C=O) groups is 1. The lowest BCUT2D eigenvalue weighted by Gasteiger charge is -2.29. The number of nitrogens with two attached hydrogens (primary N) is 1. The third-order valence-electron chi connectivity index (χ3n) is 3.48. The Morgan fingerprint density at radius 1 is 1.42 bits per heavy atom. The summed E-state index contributed by atoms with van der Waals surface area (Å²) in [6.07, 6.45) is 3.34. The van der Waals surface area contributed by atoms with Crippen molar-refractivity contribution in [1.29, 1.82) is 0 Å². The first-order chi connectivity index (χ1) is 8.96. The number of carbonyl (C=O) groups excluding carboxylic acids is 1. The summed E-state index contributed by atoms with van der Waals surface area (Å²) in [6.45, 7) is 0. The van der Waals surface area contributed by atoms with E-state index >= 15 is 0 Å². The first kappa shape index (κ1) is 14.4. The van der Waals surface area contributed by atoms with E-state index in [4.69, 9.17) is 18.0 Å². The van der Waals surface area contributed by atoms with Crippen LogP contribution in [0.25, 0.3) is 0 Å². The van der Waals surface area contributed by atoms with E-state index < -0.39 is 17.3 Å². The smallest absolute Gasteiger partial charge is 0.255 e. The maximum absolute atomic E-state index is 13.9. The van der Waals surface area contributed by atoms with Crippen molar-refractivity contribution >= 4 is 39.0 Å². The molecular weight excluding hydrogens is 331 g/mol. The van der Waals surface area contributed by atoms with E-state index in [0.29, 0.717) is 12.8 Å². The Morgan fingerprint density at radius 3 is 2.63 bits per heavy atom. The molecule has 2 rings (SSSR count). The predicted octanol–water partition coefficient (Wildman–Crippen LogP) is 2.92. The van der Waals surface area contributed by atoms with Crippen molar-refractivity contribution in [3.05, 3.63) is 34.1 Å². The molecule has 0 atom stereocenters. The summed E-state index contributed by atoms with van der Waals surface area (Å²) < 4.78 is 14.1. The second kappa shape index (κ2) is 5.54. The molecule has 1 aromatic carbocycles. The van der Waals surface area contributed by atoms with Gasteiger partial charge in [-0.3, -0.25) is 4.79 Å². The minimum atomic E-state index is -0.666. The fourth-order valence-electron chi connectivity index (χ4n) is 2.38. The number of rotatable bonds is 3. The number of amides is 1. The molecule has 0 saturated heterocycles. The monoisotopic (exact) mass is 344 g/mol.